The van der Waals surface area contributed by atoms with E-state index >= 15 is 0 Å². The fraction of sp³-hybridized carbons (Fsp3) is 0.400. The number of nitrogens with zero attached hydrogens (tertiary/aromatic N) is 3. The van der Waals surface area contributed by atoms with Crippen molar-refractivity contribution in [3.05, 3.63) is 17.1 Å². The van der Waals surface area contributed by atoms with Gasteiger partial charge in [-0.25, -0.2) is 9.38 Å². The van der Waals surface area contributed by atoms with Crippen LogP contribution >= 0.6 is 0 Å². The number of hydrogen-bond donors (Lipinski definition) is 0. The van der Waals surface area contributed by atoms with Gasteiger partial charge in [0.2, 0.25) is 0 Å². The Hall–Kier alpha value is -1.45. The van der Waals surface area contributed by atoms with Crippen LogP contribution in [0, 0.1) is 6.92 Å². The molecule has 76 valence electrons. The SMILES string of the molecule is CC=Nc1c(/C=C(\C)F)c(C)nn1C. The zero-order valence-corrected chi connectivity index (χ0v) is 8.87. The molecule has 0 saturated heterocycles. The zero-order chi connectivity index (χ0) is 10.7. The summed E-state index contributed by atoms with van der Waals surface area (Å²) >= 11 is 0. The minimum absolute atomic E-state index is 0.242. The van der Waals surface area contributed by atoms with Gasteiger partial charge in [0, 0.05) is 18.8 Å². The molecule has 1 aromatic heterocycles. The molecule has 0 aliphatic heterocycles. The average molecular weight is 195 g/mol. The van der Waals surface area contributed by atoms with Crippen molar-refractivity contribution in [3.8, 4) is 0 Å². The lowest BCUT2D eigenvalue weighted by atomic mass is 10.2. The minimum atomic E-state index is -0.242. The van der Waals surface area contributed by atoms with Crippen molar-refractivity contribution in [2.24, 2.45) is 12.0 Å². The molecule has 0 bridgehead atoms. The minimum Gasteiger partial charge on any atom is -0.250 e. The molecule has 1 heterocycles. The van der Waals surface area contributed by atoms with E-state index in [1.807, 2.05) is 13.8 Å². The monoisotopic (exact) mass is 195 g/mol. The molecule has 14 heavy (non-hydrogen) atoms. The number of aliphatic imine (C=N–C) groups is 1. The maximum atomic E-state index is 12.8. The predicted octanol–water partition coefficient (Wildman–Crippen LogP) is 2.78. The molecule has 0 aromatic carbocycles. The lowest BCUT2D eigenvalue weighted by Gasteiger charge is -1.95. The third-order valence-electron chi connectivity index (χ3n) is 1.83. The second kappa shape index (κ2) is 4.17. The molecule has 4 heteroatoms. The molecule has 0 saturated carbocycles. The van der Waals surface area contributed by atoms with E-state index in [0.29, 0.717) is 5.82 Å². The molecule has 0 spiro atoms. The average Bonchev–Trinajstić information content (AvgIpc) is 2.31. The van der Waals surface area contributed by atoms with Crippen LogP contribution in [0.3, 0.4) is 0 Å². The van der Waals surface area contributed by atoms with Gasteiger partial charge < -0.3 is 0 Å². The van der Waals surface area contributed by atoms with Crippen molar-refractivity contribution in [2.75, 3.05) is 0 Å². The van der Waals surface area contributed by atoms with Crippen LogP contribution in [-0.2, 0) is 7.05 Å². The van der Waals surface area contributed by atoms with Gasteiger partial charge in [-0.05, 0) is 26.8 Å². The van der Waals surface area contributed by atoms with Crippen LogP contribution in [-0.4, -0.2) is 16.0 Å². The van der Waals surface area contributed by atoms with Crippen molar-refractivity contribution >= 4 is 18.1 Å². The Balaban J connectivity index is 3.32. The van der Waals surface area contributed by atoms with E-state index in [2.05, 4.69) is 10.1 Å². The zero-order valence-electron chi connectivity index (χ0n) is 8.87. The first-order valence-electron chi connectivity index (χ1n) is 4.42. The second-order valence-electron chi connectivity index (χ2n) is 3.06. The third-order valence-corrected chi connectivity index (χ3v) is 1.83. The molecule has 1 aromatic rings. The van der Waals surface area contributed by atoms with Crippen molar-refractivity contribution < 1.29 is 4.39 Å². The van der Waals surface area contributed by atoms with Gasteiger partial charge in [0.05, 0.1) is 11.5 Å². The van der Waals surface area contributed by atoms with Crippen LogP contribution in [0.5, 0.6) is 0 Å². The number of aromatic nitrogens is 2. The maximum absolute atomic E-state index is 12.8. The molecule has 1 rings (SSSR count). The molecule has 0 N–H and O–H groups in total. The van der Waals surface area contributed by atoms with Crippen molar-refractivity contribution in [1.82, 2.24) is 9.78 Å². The molecule has 0 radical (unpaired) electrons. The summed E-state index contributed by atoms with van der Waals surface area (Å²) in [6.07, 6.45) is 3.12. The lowest BCUT2D eigenvalue weighted by Crippen LogP contribution is -1.89. The highest BCUT2D eigenvalue weighted by Gasteiger charge is 2.09. The molecule has 0 amide bonds. The fourth-order valence-electron chi connectivity index (χ4n) is 1.31. The van der Waals surface area contributed by atoms with Gasteiger partial charge >= 0.3 is 0 Å². The Bertz CT molecular complexity index is 384. The summed E-state index contributed by atoms with van der Waals surface area (Å²) in [5.41, 5.74) is 1.52. The van der Waals surface area contributed by atoms with Crippen LogP contribution < -0.4 is 0 Å². The van der Waals surface area contributed by atoms with Gasteiger partial charge in [0.25, 0.3) is 0 Å². The van der Waals surface area contributed by atoms with Gasteiger partial charge in [-0.15, -0.1) is 0 Å². The van der Waals surface area contributed by atoms with Crippen molar-refractivity contribution in [1.29, 1.82) is 0 Å². The Labute approximate surface area is 83.0 Å². The summed E-state index contributed by atoms with van der Waals surface area (Å²) < 4.78 is 14.4. The van der Waals surface area contributed by atoms with E-state index in [1.165, 1.54) is 13.0 Å². The van der Waals surface area contributed by atoms with E-state index in [4.69, 9.17) is 0 Å². The summed E-state index contributed by atoms with van der Waals surface area (Å²) in [6, 6.07) is 0. The fourth-order valence-corrected chi connectivity index (χ4v) is 1.31. The van der Waals surface area contributed by atoms with Crippen LogP contribution in [0.15, 0.2) is 10.8 Å². The lowest BCUT2D eigenvalue weighted by molar-refractivity contribution is 0.648. The third kappa shape index (κ3) is 2.07. The Morgan fingerprint density at radius 3 is 2.71 bits per heavy atom. The molecule has 0 unspecified atom stereocenters. The molecule has 0 fully saturated rings. The summed E-state index contributed by atoms with van der Waals surface area (Å²) in [7, 11) is 1.79. The first-order valence-corrected chi connectivity index (χ1v) is 4.42. The number of allylic oxidation sites excluding steroid dienone is 1. The van der Waals surface area contributed by atoms with E-state index in [0.717, 1.165) is 11.3 Å². The van der Waals surface area contributed by atoms with Crippen LogP contribution in [0.2, 0.25) is 0 Å². The van der Waals surface area contributed by atoms with Gasteiger partial charge in [-0.2, -0.15) is 5.10 Å². The molecular formula is C10H14FN3. The first kappa shape index (κ1) is 10.6. The summed E-state index contributed by atoms with van der Waals surface area (Å²) in [4.78, 5) is 4.14. The summed E-state index contributed by atoms with van der Waals surface area (Å²) in [6.45, 7) is 5.06. The largest absolute Gasteiger partial charge is 0.250 e. The van der Waals surface area contributed by atoms with Crippen LogP contribution in [0.4, 0.5) is 10.2 Å². The highest BCUT2D eigenvalue weighted by Crippen LogP contribution is 2.24. The molecule has 3 nitrogen and oxygen atoms in total. The normalized spacial score (nSPS) is 12.8. The standard InChI is InChI=1S/C10H14FN3/c1-5-12-10-9(6-7(2)11)8(3)13-14(10)4/h5-6H,1-4H3/b7-6+,12-5?. The number of aryl methyl sites for hydroxylation is 2. The van der Waals surface area contributed by atoms with Gasteiger partial charge in [0.15, 0.2) is 5.82 Å². The summed E-state index contributed by atoms with van der Waals surface area (Å²) in [5.74, 6) is 0.440. The van der Waals surface area contributed by atoms with E-state index in [1.54, 1.807) is 17.9 Å². The molecule has 0 aliphatic rings. The Morgan fingerprint density at radius 2 is 2.21 bits per heavy atom. The van der Waals surface area contributed by atoms with Crippen molar-refractivity contribution in [2.45, 2.75) is 20.8 Å². The van der Waals surface area contributed by atoms with Gasteiger partial charge in [-0.1, -0.05) is 0 Å². The van der Waals surface area contributed by atoms with Gasteiger partial charge in [0.1, 0.15) is 0 Å². The molecule has 0 atom stereocenters. The number of rotatable bonds is 2. The first-order chi connectivity index (χ1) is 6.56. The highest BCUT2D eigenvalue weighted by atomic mass is 19.1. The Morgan fingerprint density at radius 1 is 1.57 bits per heavy atom. The number of halogens is 1. The molecular weight excluding hydrogens is 181 g/mol. The second-order valence-corrected chi connectivity index (χ2v) is 3.06. The smallest absolute Gasteiger partial charge is 0.157 e. The van der Waals surface area contributed by atoms with E-state index < -0.39 is 0 Å². The summed E-state index contributed by atoms with van der Waals surface area (Å²) in [5, 5.41) is 4.17. The quantitative estimate of drug-likeness (QED) is 0.667. The topological polar surface area (TPSA) is 30.2 Å². The van der Waals surface area contributed by atoms with Crippen LogP contribution in [0.25, 0.3) is 6.08 Å². The highest BCUT2D eigenvalue weighted by molar-refractivity contribution is 5.69. The predicted molar refractivity (Wildman–Crippen MR) is 56.5 cm³/mol. The van der Waals surface area contributed by atoms with E-state index in [-0.39, 0.29) is 5.83 Å². The number of hydrogen-bond acceptors (Lipinski definition) is 2. The maximum Gasteiger partial charge on any atom is 0.157 e. The molecule has 0 aliphatic carbocycles. The van der Waals surface area contributed by atoms with Gasteiger partial charge in [-0.3, -0.25) is 4.68 Å². The Kier molecular flexibility index (Phi) is 3.17. The van der Waals surface area contributed by atoms with E-state index in [9.17, 15) is 4.39 Å². The van der Waals surface area contributed by atoms with Crippen molar-refractivity contribution in [3.63, 3.8) is 0 Å². The van der Waals surface area contributed by atoms with Crippen LogP contribution in [0.1, 0.15) is 25.1 Å².